The van der Waals surface area contributed by atoms with Crippen LogP contribution in [0.4, 0.5) is 5.69 Å². The van der Waals surface area contributed by atoms with Gasteiger partial charge in [-0.15, -0.1) is 0 Å². The predicted molar refractivity (Wildman–Crippen MR) is 112 cm³/mol. The first-order valence-electron chi connectivity index (χ1n) is 8.91. The summed E-state index contributed by atoms with van der Waals surface area (Å²) in [7, 11) is -1.80. The summed E-state index contributed by atoms with van der Waals surface area (Å²) in [4.78, 5) is 14.2. The van der Waals surface area contributed by atoms with E-state index in [0.717, 1.165) is 22.0 Å². The van der Waals surface area contributed by atoms with Gasteiger partial charge in [-0.05, 0) is 47.0 Å². The van der Waals surface area contributed by atoms with E-state index in [9.17, 15) is 13.2 Å². The second kappa shape index (κ2) is 8.41. The molecule has 0 unspecified atom stereocenters. The monoisotopic (exact) mass is 397 g/mol. The first kappa shape index (κ1) is 19.9. The Morgan fingerprint density at radius 1 is 1.00 bits per heavy atom. The summed E-state index contributed by atoms with van der Waals surface area (Å²) in [6.45, 7) is 0.724. The number of hydrogen-bond acceptors (Lipinski definition) is 4. The molecule has 0 heterocycles. The van der Waals surface area contributed by atoms with Crippen LogP contribution in [-0.2, 0) is 21.2 Å². The van der Waals surface area contributed by atoms with Crippen LogP contribution < -0.4 is 15.4 Å². The molecule has 0 fully saturated rings. The minimum Gasteiger partial charge on any atom is -0.365 e. The fourth-order valence-electron chi connectivity index (χ4n) is 2.97. The number of nitrogens with zero attached hydrogens (tertiary/aromatic N) is 1. The highest BCUT2D eigenvalue weighted by atomic mass is 32.2. The molecule has 3 aromatic carbocycles. The molecule has 3 N–H and O–H groups in total. The number of nitrogens with one attached hydrogen (secondary N) is 1. The smallest absolute Gasteiger partial charge is 0.239 e. The fraction of sp³-hybridized carbons (Fsp3) is 0.190. The first-order valence-corrected chi connectivity index (χ1v) is 10.5. The zero-order valence-corrected chi connectivity index (χ0v) is 16.4. The zero-order chi connectivity index (χ0) is 20.1. The maximum atomic E-state index is 12.2. The van der Waals surface area contributed by atoms with E-state index < -0.39 is 10.0 Å². The second-order valence-corrected chi connectivity index (χ2v) is 8.24. The number of carbonyl (C=O) groups excluding carboxylic acids is 1. The average molecular weight is 398 g/mol. The van der Waals surface area contributed by atoms with Crippen LogP contribution in [0.3, 0.4) is 0 Å². The highest BCUT2D eigenvalue weighted by Gasteiger charge is 2.09. The van der Waals surface area contributed by atoms with Gasteiger partial charge >= 0.3 is 0 Å². The van der Waals surface area contributed by atoms with Crippen molar-refractivity contribution in [2.45, 2.75) is 11.3 Å². The van der Waals surface area contributed by atoms with Crippen molar-refractivity contribution in [1.82, 2.24) is 5.32 Å². The van der Waals surface area contributed by atoms with Crippen molar-refractivity contribution in [2.24, 2.45) is 5.14 Å². The van der Waals surface area contributed by atoms with E-state index in [4.69, 9.17) is 5.14 Å². The Bertz CT molecular complexity index is 1080. The Morgan fingerprint density at radius 2 is 1.68 bits per heavy atom. The molecule has 0 spiro atoms. The van der Waals surface area contributed by atoms with Crippen molar-refractivity contribution >= 4 is 32.4 Å². The summed E-state index contributed by atoms with van der Waals surface area (Å²) in [5.74, 6) is -0.0724. The van der Waals surface area contributed by atoms with E-state index >= 15 is 0 Å². The van der Waals surface area contributed by atoms with Crippen LogP contribution in [0.25, 0.3) is 10.8 Å². The quantitative estimate of drug-likeness (QED) is 0.640. The van der Waals surface area contributed by atoms with E-state index in [2.05, 4.69) is 17.4 Å². The van der Waals surface area contributed by atoms with Crippen molar-refractivity contribution in [2.75, 3.05) is 25.0 Å². The molecule has 0 aliphatic carbocycles. The molecule has 146 valence electrons. The van der Waals surface area contributed by atoms with Crippen LogP contribution in [0.1, 0.15) is 5.56 Å². The molecule has 3 aromatic rings. The minimum atomic E-state index is -3.68. The summed E-state index contributed by atoms with van der Waals surface area (Å²) in [5, 5.41) is 10.3. The lowest BCUT2D eigenvalue weighted by atomic mass is 10.1. The minimum absolute atomic E-state index is 0.0724. The number of amides is 1. The van der Waals surface area contributed by atoms with Crippen LogP contribution in [0.2, 0.25) is 0 Å². The number of likely N-dealkylation sites (N-methyl/N-ethyl adjacent to an activating group) is 1. The summed E-state index contributed by atoms with van der Waals surface area (Å²) < 4.78 is 22.5. The van der Waals surface area contributed by atoms with E-state index in [-0.39, 0.29) is 17.3 Å². The molecule has 0 saturated carbocycles. The van der Waals surface area contributed by atoms with E-state index in [0.29, 0.717) is 13.0 Å². The van der Waals surface area contributed by atoms with Crippen LogP contribution in [0.5, 0.6) is 0 Å². The predicted octanol–water partition coefficient (Wildman–Crippen LogP) is 2.28. The summed E-state index contributed by atoms with van der Waals surface area (Å²) in [6.07, 6.45) is 0.607. The normalized spacial score (nSPS) is 11.4. The van der Waals surface area contributed by atoms with E-state index in [1.54, 1.807) is 12.1 Å². The van der Waals surface area contributed by atoms with Crippen molar-refractivity contribution in [3.05, 3.63) is 72.3 Å². The van der Waals surface area contributed by atoms with Gasteiger partial charge in [0.15, 0.2) is 0 Å². The number of sulfonamides is 1. The largest absolute Gasteiger partial charge is 0.365 e. The molecule has 0 radical (unpaired) electrons. The Hall–Kier alpha value is -2.90. The Morgan fingerprint density at radius 3 is 2.36 bits per heavy atom. The third-order valence-electron chi connectivity index (χ3n) is 4.54. The standard InChI is InChI=1S/C21H23N3O3S/c1-24(19-9-8-17-4-2-3-5-18(17)14-19)15-21(25)23-13-12-16-6-10-20(11-7-16)28(22,26)27/h2-11,14H,12-13,15H2,1H3,(H,23,25)(H2,22,26,27). The lowest BCUT2D eigenvalue weighted by Gasteiger charge is -2.19. The van der Waals surface area contributed by atoms with Gasteiger partial charge in [0, 0.05) is 19.3 Å². The number of rotatable bonds is 7. The fourth-order valence-corrected chi connectivity index (χ4v) is 3.48. The van der Waals surface area contributed by atoms with Crippen LogP contribution in [-0.4, -0.2) is 34.5 Å². The maximum absolute atomic E-state index is 12.2. The molecular weight excluding hydrogens is 374 g/mol. The van der Waals surface area contributed by atoms with Gasteiger partial charge in [0.05, 0.1) is 11.4 Å². The van der Waals surface area contributed by atoms with E-state index in [1.807, 2.05) is 42.3 Å². The number of benzene rings is 3. The molecule has 0 aromatic heterocycles. The van der Waals surface area contributed by atoms with Crippen molar-refractivity contribution in [3.8, 4) is 0 Å². The molecule has 0 aliphatic heterocycles. The third kappa shape index (κ3) is 5.09. The van der Waals surface area contributed by atoms with Gasteiger partial charge in [0.25, 0.3) is 0 Å². The molecule has 3 rings (SSSR count). The first-order chi connectivity index (χ1) is 13.3. The lowest BCUT2D eigenvalue weighted by Crippen LogP contribution is -2.36. The second-order valence-electron chi connectivity index (χ2n) is 6.68. The van der Waals surface area contributed by atoms with Gasteiger partial charge in [0.2, 0.25) is 15.9 Å². The Labute approximate surface area is 165 Å². The molecule has 0 aliphatic rings. The molecule has 28 heavy (non-hydrogen) atoms. The Kier molecular flexibility index (Phi) is 5.96. The SMILES string of the molecule is CN(CC(=O)NCCc1ccc(S(N)(=O)=O)cc1)c1ccc2ccccc2c1. The molecule has 1 amide bonds. The lowest BCUT2D eigenvalue weighted by molar-refractivity contribution is -0.119. The number of anilines is 1. The molecule has 0 atom stereocenters. The average Bonchev–Trinajstić information content (AvgIpc) is 2.67. The topological polar surface area (TPSA) is 92.5 Å². The number of carbonyl (C=O) groups is 1. The number of nitrogens with two attached hydrogens (primary N) is 1. The summed E-state index contributed by atoms with van der Waals surface area (Å²) in [5.41, 5.74) is 1.91. The maximum Gasteiger partial charge on any atom is 0.239 e. The highest BCUT2D eigenvalue weighted by Crippen LogP contribution is 2.21. The molecule has 0 saturated heterocycles. The summed E-state index contributed by atoms with van der Waals surface area (Å²) >= 11 is 0. The van der Waals surface area contributed by atoms with Crippen LogP contribution >= 0.6 is 0 Å². The van der Waals surface area contributed by atoms with Crippen LogP contribution in [0.15, 0.2) is 71.6 Å². The number of fused-ring (bicyclic) bond motifs is 1. The van der Waals surface area contributed by atoms with Crippen LogP contribution in [0, 0.1) is 0 Å². The van der Waals surface area contributed by atoms with Crippen molar-refractivity contribution < 1.29 is 13.2 Å². The Balaban J connectivity index is 1.50. The van der Waals surface area contributed by atoms with Gasteiger partial charge in [-0.3, -0.25) is 4.79 Å². The molecular formula is C21H23N3O3S. The summed E-state index contributed by atoms with van der Waals surface area (Å²) in [6, 6.07) is 20.6. The van der Waals surface area contributed by atoms with Gasteiger partial charge in [-0.2, -0.15) is 0 Å². The van der Waals surface area contributed by atoms with Gasteiger partial charge in [0.1, 0.15) is 0 Å². The molecule has 0 bridgehead atoms. The van der Waals surface area contributed by atoms with E-state index in [1.165, 1.54) is 12.1 Å². The highest BCUT2D eigenvalue weighted by molar-refractivity contribution is 7.89. The van der Waals surface area contributed by atoms with Crippen molar-refractivity contribution in [1.29, 1.82) is 0 Å². The van der Waals surface area contributed by atoms with Gasteiger partial charge in [-0.1, -0.05) is 42.5 Å². The van der Waals surface area contributed by atoms with Gasteiger partial charge < -0.3 is 10.2 Å². The zero-order valence-electron chi connectivity index (χ0n) is 15.6. The molecule has 7 heteroatoms. The van der Waals surface area contributed by atoms with Crippen molar-refractivity contribution in [3.63, 3.8) is 0 Å². The third-order valence-corrected chi connectivity index (χ3v) is 5.47. The number of primary sulfonamides is 1. The molecule has 6 nitrogen and oxygen atoms in total. The van der Waals surface area contributed by atoms with Gasteiger partial charge in [-0.25, -0.2) is 13.6 Å². The number of hydrogen-bond donors (Lipinski definition) is 2.